The first kappa shape index (κ1) is 12.9. The molecule has 0 spiro atoms. The van der Waals surface area contributed by atoms with Gasteiger partial charge in [0.1, 0.15) is 5.78 Å². The molecule has 1 saturated carbocycles. The average molecular weight is 273 g/mol. The van der Waals surface area contributed by atoms with Crippen LogP contribution >= 0.6 is 23.2 Å². The molecule has 0 amide bonds. The molecule has 0 heterocycles. The fourth-order valence-corrected chi connectivity index (χ4v) is 2.58. The number of carbonyl (C=O) groups excluding carboxylic acids is 1. The van der Waals surface area contributed by atoms with Gasteiger partial charge in [-0.15, -0.1) is 0 Å². The molecule has 1 aromatic rings. The highest BCUT2D eigenvalue weighted by Gasteiger charge is 2.30. The first-order valence-electron chi connectivity index (χ1n) is 5.75. The van der Waals surface area contributed by atoms with Crippen molar-refractivity contribution in [2.24, 2.45) is 5.92 Å². The Morgan fingerprint density at radius 1 is 1.24 bits per heavy atom. The quantitative estimate of drug-likeness (QED) is 0.890. The lowest BCUT2D eigenvalue weighted by molar-refractivity contribution is -0.128. The number of hydrogen-bond donors (Lipinski definition) is 1. The van der Waals surface area contributed by atoms with E-state index in [0.717, 1.165) is 19.3 Å². The highest BCUT2D eigenvalue weighted by atomic mass is 35.5. The zero-order valence-electron chi connectivity index (χ0n) is 9.33. The summed E-state index contributed by atoms with van der Waals surface area (Å²) in [5.41, 5.74) is 0.666. The van der Waals surface area contributed by atoms with E-state index in [1.165, 1.54) is 0 Å². The summed E-state index contributed by atoms with van der Waals surface area (Å²) in [5.74, 6) is -0.143. The first-order chi connectivity index (χ1) is 8.09. The van der Waals surface area contributed by atoms with Crippen LogP contribution in [0, 0.1) is 5.92 Å². The molecule has 0 aliphatic heterocycles. The molecule has 1 aliphatic carbocycles. The van der Waals surface area contributed by atoms with Crippen molar-refractivity contribution >= 4 is 29.0 Å². The van der Waals surface area contributed by atoms with Crippen molar-refractivity contribution in [1.29, 1.82) is 0 Å². The summed E-state index contributed by atoms with van der Waals surface area (Å²) in [7, 11) is 0. The summed E-state index contributed by atoms with van der Waals surface area (Å²) >= 11 is 11.7. The topological polar surface area (TPSA) is 37.3 Å². The Hall–Kier alpha value is -0.570. The monoisotopic (exact) mass is 272 g/mol. The van der Waals surface area contributed by atoms with Crippen molar-refractivity contribution in [2.45, 2.75) is 31.8 Å². The van der Waals surface area contributed by atoms with E-state index in [2.05, 4.69) is 0 Å². The molecule has 0 saturated heterocycles. The van der Waals surface area contributed by atoms with Crippen molar-refractivity contribution in [3.8, 4) is 0 Å². The Balaban J connectivity index is 2.20. The van der Waals surface area contributed by atoms with Crippen molar-refractivity contribution in [3.63, 3.8) is 0 Å². The number of carbonyl (C=O) groups is 1. The lowest BCUT2D eigenvalue weighted by Gasteiger charge is -2.25. The minimum absolute atomic E-state index is 0.148. The Morgan fingerprint density at radius 2 is 2.00 bits per heavy atom. The van der Waals surface area contributed by atoms with Crippen molar-refractivity contribution in [2.75, 3.05) is 0 Å². The van der Waals surface area contributed by atoms with Gasteiger partial charge in [-0.05, 0) is 30.5 Å². The van der Waals surface area contributed by atoms with Gasteiger partial charge in [0, 0.05) is 12.3 Å². The highest BCUT2D eigenvalue weighted by molar-refractivity contribution is 6.42. The number of ketones is 1. The second kappa shape index (κ2) is 5.38. The van der Waals surface area contributed by atoms with E-state index in [1.54, 1.807) is 18.2 Å². The molecule has 1 aliphatic rings. The van der Waals surface area contributed by atoms with Gasteiger partial charge in [-0.25, -0.2) is 0 Å². The summed E-state index contributed by atoms with van der Waals surface area (Å²) in [6.45, 7) is 0. The van der Waals surface area contributed by atoms with Gasteiger partial charge in [0.25, 0.3) is 0 Å². The average Bonchev–Trinajstić information content (AvgIpc) is 2.32. The Bertz CT molecular complexity index is 431. The SMILES string of the molecule is O=C1CCCCC1C(O)c1ccc(Cl)c(Cl)c1. The van der Waals surface area contributed by atoms with Gasteiger partial charge in [0.05, 0.1) is 16.1 Å². The summed E-state index contributed by atoms with van der Waals surface area (Å²) in [6.07, 6.45) is 2.49. The molecule has 1 N–H and O–H groups in total. The van der Waals surface area contributed by atoms with E-state index in [4.69, 9.17) is 23.2 Å². The lowest BCUT2D eigenvalue weighted by atomic mass is 9.82. The van der Waals surface area contributed by atoms with Crippen LogP contribution in [0.2, 0.25) is 10.0 Å². The van der Waals surface area contributed by atoms with Gasteiger partial charge in [0.15, 0.2) is 0 Å². The molecule has 2 unspecified atom stereocenters. The second-order valence-corrected chi connectivity index (χ2v) is 5.25. The van der Waals surface area contributed by atoms with Crippen molar-refractivity contribution in [1.82, 2.24) is 0 Å². The number of halogens is 2. The molecule has 0 bridgehead atoms. The smallest absolute Gasteiger partial charge is 0.138 e. The van der Waals surface area contributed by atoms with E-state index in [9.17, 15) is 9.90 Å². The van der Waals surface area contributed by atoms with Gasteiger partial charge in [-0.2, -0.15) is 0 Å². The number of benzene rings is 1. The molecule has 92 valence electrons. The van der Waals surface area contributed by atoms with Crippen LogP contribution in [0.1, 0.15) is 37.4 Å². The van der Waals surface area contributed by atoms with Gasteiger partial charge in [-0.3, -0.25) is 4.79 Å². The number of aliphatic hydroxyl groups is 1. The van der Waals surface area contributed by atoms with Crippen LogP contribution in [-0.2, 0) is 4.79 Å². The standard InChI is InChI=1S/C13H14Cl2O2/c14-10-6-5-8(7-11(10)15)13(17)9-3-1-2-4-12(9)16/h5-7,9,13,17H,1-4H2. The fraction of sp³-hybridized carbons (Fsp3) is 0.462. The van der Waals surface area contributed by atoms with E-state index >= 15 is 0 Å². The van der Waals surface area contributed by atoms with Crippen LogP contribution in [0.5, 0.6) is 0 Å². The minimum Gasteiger partial charge on any atom is -0.388 e. The minimum atomic E-state index is -0.766. The Morgan fingerprint density at radius 3 is 2.65 bits per heavy atom. The highest BCUT2D eigenvalue weighted by Crippen LogP contribution is 2.34. The maximum atomic E-state index is 11.7. The summed E-state index contributed by atoms with van der Waals surface area (Å²) in [6, 6.07) is 5.01. The zero-order valence-corrected chi connectivity index (χ0v) is 10.8. The van der Waals surface area contributed by atoms with Crippen LogP contribution in [-0.4, -0.2) is 10.9 Å². The molecule has 2 atom stereocenters. The maximum absolute atomic E-state index is 11.7. The van der Waals surface area contributed by atoms with Crippen LogP contribution < -0.4 is 0 Å². The maximum Gasteiger partial charge on any atom is 0.138 e. The van der Waals surface area contributed by atoms with Crippen molar-refractivity contribution in [3.05, 3.63) is 33.8 Å². The Kier molecular flexibility index (Phi) is 4.08. The third-order valence-corrected chi connectivity index (χ3v) is 4.01. The molecule has 0 aromatic heterocycles. The molecule has 4 heteroatoms. The number of aliphatic hydroxyl groups excluding tert-OH is 1. The third-order valence-electron chi connectivity index (χ3n) is 3.27. The van der Waals surface area contributed by atoms with Gasteiger partial charge in [0.2, 0.25) is 0 Å². The van der Waals surface area contributed by atoms with Crippen molar-refractivity contribution < 1.29 is 9.90 Å². The summed E-state index contributed by atoms with van der Waals surface area (Å²) < 4.78 is 0. The number of hydrogen-bond acceptors (Lipinski definition) is 2. The zero-order chi connectivity index (χ0) is 12.4. The predicted octanol–water partition coefficient (Wildman–Crippen LogP) is 3.79. The van der Waals surface area contributed by atoms with E-state index in [1.807, 2.05) is 0 Å². The third kappa shape index (κ3) is 2.82. The summed E-state index contributed by atoms with van der Waals surface area (Å²) in [4.78, 5) is 11.7. The van der Waals surface area contributed by atoms with E-state index < -0.39 is 6.10 Å². The first-order valence-corrected chi connectivity index (χ1v) is 6.51. The van der Waals surface area contributed by atoms with E-state index in [-0.39, 0.29) is 11.7 Å². The molecular weight excluding hydrogens is 259 g/mol. The molecule has 2 nitrogen and oxygen atoms in total. The van der Waals surface area contributed by atoms with E-state index in [0.29, 0.717) is 22.0 Å². The fourth-order valence-electron chi connectivity index (χ4n) is 2.27. The molecule has 2 rings (SSSR count). The molecular formula is C13H14Cl2O2. The van der Waals surface area contributed by atoms with Crippen LogP contribution in [0.4, 0.5) is 0 Å². The normalized spacial score (nSPS) is 22.5. The van der Waals surface area contributed by atoms with Gasteiger partial charge < -0.3 is 5.11 Å². The largest absolute Gasteiger partial charge is 0.388 e. The predicted molar refractivity (Wildman–Crippen MR) is 68.4 cm³/mol. The Labute approximate surface area is 111 Å². The molecule has 17 heavy (non-hydrogen) atoms. The van der Waals surface area contributed by atoms with Crippen LogP contribution in [0.3, 0.4) is 0 Å². The van der Waals surface area contributed by atoms with Crippen LogP contribution in [0.25, 0.3) is 0 Å². The van der Waals surface area contributed by atoms with Crippen LogP contribution in [0.15, 0.2) is 18.2 Å². The molecule has 0 radical (unpaired) electrons. The molecule has 1 fully saturated rings. The number of Topliss-reactive ketones (excluding diaryl/α,β-unsaturated/α-hetero) is 1. The summed E-state index contributed by atoms with van der Waals surface area (Å²) in [5, 5.41) is 11.1. The lowest BCUT2D eigenvalue weighted by Crippen LogP contribution is -2.25. The van der Waals surface area contributed by atoms with Gasteiger partial charge >= 0.3 is 0 Å². The molecule has 1 aromatic carbocycles. The number of rotatable bonds is 2. The van der Waals surface area contributed by atoms with Gasteiger partial charge in [-0.1, -0.05) is 35.7 Å². The second-order valence-electron chi connectivity index (χ2n) is 4.44.